The minimum absolute atomic E-state index is 0.0703. The van der Waals surface area contributed by atoms with Crippen LogP contribution in [0.1, 0.15) is 25.1 Å². The highest BCUT2D eigenvalue weighted by atomic mass is 32.1. The van der Waals surface area contributed by atoms with Crippen LogP contribution in [0.3, 0.4) is 0 Å². The van der Waals surface area contributed by atoms with Gasteiger partial charge in [-0.2, -0.15) is 0 Å². The first-order chi connectivity index (χ1) is 11.6. The number of benzene rings is 1. The van der Waals surface area contributed by atoms with Crippen LogP contribution in [0, 0.1) is 17.8 Å². The highest BCUT2D eigenvalue weighted by Crippen LogP contribution is 2.07. The molecule has 0 unspecified atom stereocenters. The Morgan fingerprint density at radius 1 is 1.33 bits per heavy atom. The van der Waals surface area contributed by atoms with E-state index in [-0.39, 0.29) is 5.91 Å². The second-order valence-corrected chi connectivity index (χ2v) is 6.79. The predicted molar refractivity (Wildman–Crippen MR) is 98.5 cm³/mol. The fraction of sp³-hybridized carbons (Fsp3) is 0.368. The smallest absolute Gasteiger partial charge is 0.240 e. The van der Waals surface area contributed by atoms with Gasteiger partial charge >= 0.3 is 0 Å². The summed E-state index contributed by atoms with van der Waals surface area (Å²) in [6.45, 7) is 5.19. The van der Waals surface area contributed by atoms with Gasteiger partial charge in [-0.3, -0.25) is 4.79 Å². The summed E-state index contributed by atoms with van der Waals surface area (Å²) < 4.78 is 0. The summed E-state index contributed by atoms with van der Waals surface area (Å²) in [7, 11) is 0. The van der Waals surface area contributed by atoms with Crippen LogP contribution in [0.4, 0.5) is 0 Å². The number of hydrogen-bond donors (Lipinski definition) is 1. The molecule has 0 aliphatic rings. The van der Waals surface area contributed by atoms with E-state index in [2.05, 4.69) is 30.7 Å². The Balaban J connectivity index is 2.01. The number of carbonyl (C=O) groups is 1. The highest BCUT2D eigenvalue weighted by Gasteiger charge is 2.22. The Bertz CT molecular complexity index is 686. The van der Waals surface area contributed by atoms with Crippen LogP contribution in [0.15, 0.2) is 41.2 Å². The molecule has 1 atom stereocenters. The molecule has 1 amide bonds. The van der Waals surface area contributed by atoms with Crippen molar-refractivity contribution in [2.45, 2.75) is 26.3 Å². The first-order valence-electron chi connectivity index (χ1n) is 8.01. The van der Waals surface area contributed by atoms with E-state index in [0.717, 1.165) is 11.3 Å². The van der Waals surface area contributed by atoms with Crippen LogP contribution in [0.2, 0.25) is 0 Å². The van der Waals surface area contributed by atoms with Crippen molar-refractivity contribution >= 4 is 17.2 Å². The molecule has 0 saturated heterocycles. The standard InChI is InChI=1S/C19H23N3OS/c1-15(2)12-22(10-6-9-16-7-4-3-5-8-16)19(23)18(20)11-17-13-24-14-21-17/h3-5,7-8,13-15,18H,10-12,20H2,1-2H3/t18-/m0/s1. The van der Waals surface area contributed by atoms with Crippen molar-refractivity contribution in [1.82, 2.24) is 9.88 Å². The van der Waals surface area contributed by atoms with Gasteiger partial charge in [0.25, 0.3) is 0 Å². The summed E-state index contributed by atoms with van der Waals surface area (Å²) in [5.74, 6) is 6.47. The van der Waals surface area contributed by atoms with Crippen LogP contribution in [-0.4, -0.2) is 34.9 Å². The van der Waals surface area contributed by atoms with Crippen molar-refractivity contribution in [2.24, 2.45) is 11.7 Å². The van der Waals surface area contributed by atoms with Gasteiger partial charge < -0.3 is 10.6 Å². The molecule has 0 aliphatic carbocycles. The topological polar surface area (TPSA) is 59.2 Å². The zero-order valence-electron chi connectivity index (χ0n) is 14.1. The molecule has 2 rings (SSSR count). The zero-order valence-corrected chi connectivity index (χ0v) is 14.9. The second-order valence-electron chi connectivity index (χ2n) is 6.07. The molecular formula is C19H23N3OS. The van der Waals surface area contributed by atoms with E-state index in [4.69, 9.17) is 5.73 Å². The van der Waals surface area contributed by atoms with Crippen LogP contribution < -0.4 is 5.73 Å². The molecule has 4 nitrogen and oxygen atoms in total. The Morgan fingerprint density at radius 2 is 2.08 bits per heavy atom. The lowest BCUT2D eigenvalue weighted by Crippen LogP contribution is -2.46. The Hall–Kier alpha value is -2.16. The fourth-order valence-corrected chi connectivity index (χ4v) is 2.89. The third-order valence-corrected chi connectivity index (χ3v) is 4.04. The molecule has 0 spiro atoms. The van der Waals surface area contributed by atoms with E-state index in [1.54, 1.807) is 10.4 Å². The molecule has 0 aliphatic heterocycles. The maximum atomic E-state index is 12.7. The molecule has 5 heteroatoms. The fourth-order valence-electron chi connectivity index (χ4n) is 2.32. The largest absolute Gasteiger partial charge is 0.330 e. The number of thiazole rings is 1. The Morgan fingerprint density at radius 3 is 2.71 bits per heavy atom. The van der Waals surface area contributed by atoms with E-state index in [9.17, 15) is 4.79 Å². The summed E-state index contributed by atoms with van der Waals surface area (Å²) in [6, 6.07) is 9.18. The van der Waals surface area contributed by atoms with E-state index >= 15 is 0 Å². The lowest BCUT2D eigenvalue weighted by molar-refractivity contribution is -0.132. The van der Waals surface area contributed by atoms with Crippen LogP contribution in [0.5, 0.6) is 0 Å². The number of hydrogen-bond acceptors (Lipinski definition) is 4. The highest BCUT2D eigenvalue weighted by molar-refractivity contribution is 7.07. The van der Waals surface area contributed by atoms with E-state index in [0.29, 0.717) is 25.4 Å². The lowest BCUT2D eigenvalue weighted by atomic mass is 10.1. The van der Waals surface area contributed by atoms with Gasteiger partial charge in [0.1, 0.15) is 0 Å². The number of nitrogens with two attached hydrogens (primary N) is 1. The molecule has 1 aromatic heterocycles. The molecule has 24 heavy (non-hydrogen) atoms. The molecule has 0 fully saturated rings. The van der Waals surface area contributed by atoms with Crippen molar-refractivity contribution < 1.29 is 4.79 Å². The third kappa shape index (κ3) is 5.80. The van der Waals surface area contributed by atoms with Gasteiger partial charge in [-0.25, -0.2) is 4.98 Å². The monoisotopic (exact) mass is 341 g/mol. The first kappa shape index (κ1) is 18.2. The second kappa shape index (κ2) is 9.21. The van der Waals surface area contributed by atoms with Gasteiger partial charge in [0, 0.05) is 23.9 Å². The molecule has 1 heterocycles. The average Bonchev–Trinajstić information content (AvgIpc) is 3.07. The van der Waals surface area contributed by atoms with Gasteiger partial charge in [0.05, 0.1) is 23.8 Å². The van der Waals surface area contributed by atoms with Gasteiger partial charge in [0.15, 0.2) is 0 Å². The molecule has 0 radical (unpaired) electrons. The maximum absolute atomic E-state index is 12.7. The number of rotatable bonds is 6. The summed E-state index contributed by atoms with van der Waals surface area (Å²) >= 11 is 1.51. The zero-order chi connectivity index (χ0) is 17.4. The molecule has 0 saturated carbocycles. The molecule has 2 aromatic rings. The summed E-state index contributed by atoms with van der Waals surface area (Å²) in [4.78, 5) is 18.6. The minimum atomic E-state index is -0.579. The molecule has 1 aromatic carbocycles. The van der Waals surface area contributed by atoms with Crippen LogP contribution >= 0.6 is 11.3 Å². The number of aromatic nitrogens is 1. The first-order valence-corrected chi connectivity index (χ1v) is 8.96. The Labute approximate surface area is 147 Å². The quantitative estimate of drug-likeness (QED) is 0.822. The molecule has 0 bridgehead atoms. The molecule has 126 valence electrons. The number of carbonyl (C=O) groups excluding carboxylic acids is 1. The van der Waals surface area contributed by atoms with Gasteiger partial charge in [-0.15, -0.1) is 11.3 Å². The molecular weight excluding hydrogens is 318 g/mol. The summed E-state index contributed by atoms with van der Waals surface area (Å²) in [5, 5.41) is 1.93. The molecule has 2 N–H and O–H groups in total. The van der Waals surface area contributed by atoms with Crippen LogP contribution in [0.25, 0.3) is 0 Å². The Kier molecular flexibility index (Phi) is 6.98. The summed E-state index contributed by atoms with van der Waals surface area (Å²) in [5.41, 5.74) is 9.65. The third-order valence-electron chi connectivity index (χ3n) is 3.40. The van der Waals surface area contributed by atoms with Crippen molar-refractivity contribution in [1.29, 1.82) is 0 Å². The number of nitrogens with zero attached hydrogens (tertiary/aromatic N) is 2. The maximum Gasteiger partial charge on any atom is 0.240 e. The van der Waals surface area contributed by atoms with E-state index < -0.39 is 6.04 Å². The minimum Gasteiger partial charge on any atom is -0.330 e. The van der Waals surface area contributed by atoms with Gasteiger partial charge in [-0.05, 0) is 18.1 Å². The lowest BCUT2D eigenvalue weighted by Gasteiger charge is -2.25. The normalized spacial score (nSPS) is 11.7. The van der Waals surface area contributed by atoms with Gasteiger partial charge in [-0.1, -0.05) is 43.9 Å². The number of amides is 1. The SMILES string of the molecule is CC(C)CN(CC#Cc1ccccc1)C(=O)[C@@H](N)Cc1cscn1. The van der Waals surface area contributed by atoms with Gasteiger partial charge in [0.2, 0.25) is 5.91 Å². The average molecular weight is 341 g/mol. The van der Waals surface area contributed by atoms with Crippen molar-refractivity contribution in [3.8, 4) is 11.8 Å². The van der Waals surface area contributed by atoms with E-state index in [1.165, 1.54) is 11.3 Å². The van der Waals surface area contributed by atoms with Crippen molar-refractivity contribution in [3.05, 3.63) is 52.5 Å². The summed E-state index contributed by atoms with van der Waals surface area (Å²) in [6.07, 6.45) is 0.461. The predicted octanol–water partition coefficient (Wildman–Crippen LogP) is 2.55. The van der Waals surface area contributed by atoms with Crippen molar-refractivity contribution in [3.63, 3.8) is 0 Å². The van der Waals surface area contributed by atoms with E-state index in [1.807, 2.05) is 35.7 Å². The van der Waals surface area contributed by atoms with Crippen LogP contribution in [-0.2, 0) is 11.2 Å². The van der Waals surface area contributed by atoms with Crippen molar-refractivity contribution in [2.75, 3.05) is 13.1 Å².